The third kappa shape index (κ3) is 9.45. The summed E-state index contributed by atoms with van der Waals surface area (Å²) in [5.41, 5.74) is 9.98. The summed E-state index contributed by atoms with van der Waals surface area (Å²) in [5, 5.41) is 8.14. The van der Waals surface area contributed by atoms with E-state index in [1.54, 1.807) is 44.0 Å². The van der Waals surface area contributed by atoms with Crippen molar-refractivity contribution in [3.8, 4) is 0 Å². The van der Waals surface area contributed by atoms with E-state index in [9.17, 15) is 22.4 Å². The van der Waals surface area contributed by atoms with E-state index in [0.717, 1.165) is 42.4 Å². The molecule has 0 radical (unpaired) electrons. The fraction of sp³-hybridized carbons (Fsp3) is 0.419. The van der Waals surface area contributed by atoms with Gasteiger partial charge in [-0.3, -0.25) is 14.5 Å². The lowest BCUT2D eigenvalue weighted by Crippen LogP contribution is -2.31. The SMILES string of the molecule is C=C(F)/C(=C\C(=CC(C)C(F)(F)F)C(=O)Nc1cc(C)c(C)c(N(N)/C=C(\N)c2cnn(C)c2C)c1)N(C)CCN(C)CC. The van der Waals surface area contributed by atoms with Gasteiger partial charge in [-0.1, -0.05) is 26.5 Å². The van der Waals surface area contributed by atoms with Crippen molar-refractivity contribution >= 4 is 23.0 Å². The van der Waals surface area contributed by atoms with Gasteiger partial charge in [0.05, 0.1) is 29.2 Å². The topological polar surface area (TPSA) is 109 Å². The average molecular weight is 621 g/mol. The summed E-state index contributed by atoms with van der Waals surface area (Å²) in [6.07, 6.45) is 0.368. The minimum Gasteiger partial charge on any atom is -0.397 e. The summed E-state index contributed by atoms with van der Waals surface area (Å²) in [6, 6.07) is 3.25. The standard InChI is InChI=1S/C31H44F4N8O/c1-10-40(7)11-12-41(8)29(22(5)32)15-24(14-20(3)31(33,34)35)30(44)39-25-13-19(2)21(4)28(16-25)43(37)18-27(36)26-17-38-42(9)23(26)6/h13-18,20H,5,10-12,36-37H2,1-4,6-9H3,(H,39,44)/b24-14?,27-18-,29-15+. The highest BCUT2D eigenvalue weighted by Gasteiger charge is 2.35. The van der Waals surface area contributed by atoms with Crippen LogP contribution in [0.5, 0.6) is 0 Å². The minimum atomic E-state index is -4.62. The van der Waals surface area contributed by atoms with E-state index in [0.29, 0.717) is 30.0 Å². The van der Waals surface area contributed by atoms with Crippen LogP contribution in [-0.2, 0) is 11.8 Å². The molecule has 0 saturated carbocycles. The number of likely N-dealkylation sites (N-methyl/N-ethyl adjacent to an activating group) is 2. The van der Waals surface area contributed by atoms with E-state index in [1.165, 1.54) is 16.1 Å². The van der Waals surface area contributed by atoms with Crippen LogP contribution in [-0.4, -0.2) is 65.4 Å². The molecule has 0 aliphatic heterocycles. The van der Waals surface area contributed by atoms with Crippen molar-refractivity contribution in [1.29, 1.82) is 0 Å². The van der Waals surface area contributed by atoms with Crippen LogP contribution in [0.4, 0.5) is 28.9 Å². The number of rotatable bonds is 13. The Morgan fingerprint density at radius 1 is 1.20 bits per heavy atom. The zero-order valence-corrected chi connectivity index (χ0v) is 26.7. The Morgan fingerprint density at radius 2 is 1.84 bits per heavy atom. The second-order valence-corrected chi connectivity index (χ2v) is 10.9. The second-order valence-electron chi connectivity index (χ2n) is 10.9. The normalized spacial score (nSPS) is 13.7. The summed E-state index contributed by atoms with van der Waals surface area (Å²) >= 11 is 0. The number of carbonyl (C=O) groups excluding carboxylic acids is 1. The number of anilines is 2. The first-order valence-corrected chi connectivity index (χ1v) is 14.0. The number of hydrogen-bond donors (Lipinski definition) is 3. The molecule has 1 amide bonds. The van der Waals surface area contributed by atoms with Gasteiger partial charge in [0.25, 0.3) is 5.91 Å². The summed E-state index contributed by atoms with van der Waals surface area (Å²) in [6.45, 7) is 13.4. The third-order valence-corrected chi connectivity index (χ3v) is 7.55. The Kier molecular flexibility index (Phi) is 12.4. The molecule has 2 rings (SSSR count). The van der Waals surface area contributed by atoms with Gasteiger partial charge in [0.15, 0.2) is 0 Å². The van der Waals surface area contributed by atoms with Gasteiger partial charge in [-0.25, -0.2) is 10.2 Å². The highest BCUT2D eigenvalue weighted by molar-refractivity contribution is 6.06. The number of allylic oxidation sites excluding steroid dienone is 2. The molecule has 9 nitrogen and oxygen atoms in total. The largest absolute Gasteiger partial charge is 0.397 e. The molecule has 0 fully saturated rings. The predicted molar refractivity (Wildman–Crippen MR) is 169 cm³/mol. The van der Waals surface area contributed by atoms with E-state index in [4.69, 9.17) is 11.6 Å². The minimum absolute atomic E-state index is 0.106. The van der Waals surface area contributed by atoms with Crippen molar-refractivity contribution < 1.29 is 22.4 Å². The quantitative estimate of drug-likeness (QED) is 0.0918. The molecule has 242 valence electrons. The van der Waals surface area contributed by atoms with Crippen LogP contribution in [0.2, 0.25) is 0 Å². The fourth-order valence-electron chi connectivity index (χ4n) is 4.15. The van der Waals surface area contributed by atoms with Crippen molar-refractivity contribution in [3.63, 3.8) is 0 Å². The number of halogens is 4. The Morgan fingerprint density at radius 3 is 2.36 bits per heavy atom. The van der Waals surface area contributed by atoms with Crippen molar-refractivity contribution in [2.24, 2.45) is 24.5 Å². The fourth-order valence-corrected chi connectivity index (χ4v) is 4.15. The Labute approximate surface area is 257 Å². The number of carbonyl (C=O) groups is 1. The van der Waals surface area contributed by atoms with E-state index in [1.807, 2.05) is 32.7 Å². The lowest BCUT2D eigenvalue weighted by Gasteiger charge is -2.25. The molecule has 44 heavy (non-hydrogen) atoms. The highest BCUT2D eigenvalue weighted by Crippen LogP contribution is 2.31. The Bertz CT molecular complexity index is 1440. The van der Waals surface area contributed by atoms with E-state index >= 15 is 0 Å². The van der Waals surface area contributed by atoms with Crippen molar-refractivity contribution in [2.75, 3.05) is 44.1 Å². The van der Waals surface area contributed by atoms with Gasteiger partial charge in [0.2, 0.25) is 0 Å². The van der Waals surface area contributed by atoms with Crippen LogP contribution in [0.15, 0.2) is 60.4 Å². The molecular weight excluding hydrogens is 576 g/mol. The van der Waals surface area contributed by atoms with Gasteiger partial charge >= 0.3 is 6.18 Å². The maximum absolute atomic E-state index is 14.6. The predicted octanol–water partition coefficient (Wildman–Crippen LogP) is 5.30. The average Bonchev–Trinajstić information content (AvgIpc) is 3.27. The molecule has 0 spiro atoms. The van der Waals surface area contributed by atoms with Gasteiger partial charge in [0, 0.05) is 55.9 Å². The van der Waals surface area contributed by atoms with Gasteiger partial charge in [-0.15, -0.1) is 0 Å². The number of aromatic nitrogens is 2. The van der Waals surface area contributed by atoms with Gasteiger partial charge < -0.3 is 20.9 Å². The molecule has 1 unspecified atom stereocenters. The smallest absolute Gasteiger partial charge is 0.394 e. The van der Waals surface area contributed by atoms with Crippen LogP contribution in [0.3, 0.4) is 0 Å². The number of nitrogens with one attached hydrogen (secondary N) is 1. The molecule has 1 atom stereocenters. The van der Waals surface area contributed by atoms with Crippen LogP contribution >= 0.6 is 0 Å². The summed E-state index contributed by atoms with van der Waals surface area (Å²) in [5.74, 6) is 2.63. The van der Waals surface area contributed by atoms with Crippen molar-refractivity contribution in [2.45, 2.75) is 40.8 Å². The molecule has 13 heteroatoms. The lowest BCUT2D eigenvalue weighted by atomic mass is 10.0. The second kappa shape index (κ2) is 15.1. The highest BCUT2D eigenvalue weighted by atomic mass is 19.4. The van der Waals surface area contributed by atoms with Crippen LogP contribution in [0, 0.1) is 26.7 Å². The van der Waals surface area contributed by atoms with Crippen LogP contribution in [0.1, 0.15) is 36.2 Å². The summed E-state index contributed by atoms with van der Waals surface area (Å²) < 4.78 is 56.9. The number of amides is 1. The van der Waals surface area contributed by atoms with Crippen molar-refractivity contribution in [1.82, 2.24) is 19.6 Å². The number of nitrogens with two attached hydrogens (primary N) is 2. The van der Waals surface area contributed by atoms with E-state index in [-0.39, 0.29) is 17.0 Å². The zero-order valence-electron chi connectivity index (χ0n) is 26.7. The molecule has 1 aromatic carbocycles. The first-order valence-electron chi connectivity index (χ1n) is 14.0. The zero-order chi connectivity index (χ0) is 33.5. The Hall–Kier alpha value is -4.10. The molecule has 5 N–H and O–H groups in total. The number of hydrogen-bond acceptors (Lipinski definition) is 7. The molecule has 0 saturated heterocycles. The molecule has 0 aliphatic carbocycles. The van der Waals surface area contributed by atoms with Crippen LogP contribution < -0.4 is 21.9 Å². The first-order chi connectivity index (χ1) is 20.4. The van der Waals surface area contributed by atoms with Gasteiger partial charge in [-0.2, -0.15) is 18.3 Å². The maximum atomic E-state index is 14.6. The molecule has 2 aromatic rings. The molecule has 1 aromatic heterocycles. The summed E-state index contributed by atoms with van der Waals surface area (Å²) in [7, 11) is 5.25. The number of nitrogens with zero attached hydrogens (tertiary/aromatic N) is 5. The van der Waals surface area contributed by atoms with Crippen molar-refractivity contribution in [3.05, 3.63) is 82.7 Å². The number of benzene rings is 1. The number of hydrazine groups is 1. The lowest BCUT2D eigenvalue weighted by molar-refractivity contribution is -0.156. The summed E-state index contributed by atoms with van der Waals surface area (Å²) in [4.78, 5) is 17.0. The first kappa shape index (κ1) is 36.1. The molecule has 1 heterocycles. The third-order valence-electron chi connectivity index (χ3n) is 7.55. The van der Waals surface area contributed by atoms with Gasteiger partial charge in [0.1, 0.15) is 5.83 Å². The molecule has 0 bridgehead atoms. The maximum Gasteiger partial charge on any atom is 0.394 e. The van der Waals surface area contributed by atoms with E-state index < -0.39 is 23.8 Å². The molecule has 0 aliphatic rings. The van der Waals surface area contributed by atoms with Gasteiger partial charge in [-0.05, 0) is 63.7 Å². The number of aryl methyl sites for hydroxylation is 2. The number of alkyl halides is 3. The van der Waals surface area contributed by atoms with E-state index in [2.05, 4.69) is 17.0 Å². The van der Waals surface area contributed by atoms with Crippen LogP contribution in [0.25, 0.3) is 5.70 Å². The molecular formula is C31H44F4N8O. The monoisotopic (exact) mass is 620 g/mol. The Balaban J connectivity index is 2.51.